The van der Waals surface area contributed by atoms with E-state index in [2.05, 4.69) is 10.9 Å². The number of ether oxygens (including phenoxy) is 1. The van der Waals surface area contributed by atoms with Crippen LogP contribution in [0.5, 0.6) is 0 Å². The van der Waals surface area contributed by atoms with E-state index in [0.717, 1.165) is 25.7 Å². The van der Waals surface area contributed by atoms with E-state index in [-0.39, 0.29) is 11.8 Å². The SMILES string of the molecule is CC(C)(C)OC(=O)NNC(=O)C1CCCC1. The number of carbonyl (C=O) groups excluding carboxylic acids is 2. The largest absolute Gasteiger partial charge is 0.443 e. The number of hydrazine groups is 1. The van der Waals surface area contributed by atoms with Gasteiger partial charge in [-0.3, -0.25) is 10.2 Å². The molecule has 2 amide bonds. The molecule has 5 nitrogen and oxygen atoms in total. The lowest BCUT2D eigenvalue weighted by molar-refractivity contribution is -0.125. The molecule has 0 spiro atoms. The lowest BCUT2D eigenvalue weighted by atomic mass is 10.1. The van der Waals surface area contributed by atoms with Gasteiger partial charge in [0.25, 0.3) is 0 Å². The van der Waals surface area contributed by atoms with Crippen molar-refractivity contribution in [3.63, 3.8) is 0 Å². The quantitative estimate of drug-likeness (QED) is 0.672. The molecule has 0 aromatic carbocycles. The third-order valence-corrected chi connectivity index (χ3v) is 2.41. The molecule has 1 fully saturated rings. The van der Waals surface area contributed by atoms with Crippen LogP contribution < -0.4 is 10.9 Å². The van der Waals surface area contributed by atoms with Gasteiger partial charge in [-0.2, -0.15) is 0 Å². The summed E-state index contributed by atoms with van der Waals surface area (Å²) in [4.78, 5) is 22.8. The minimum absolute atomic E-state index is 0.0370. The summed E-state index contributed by atoms with van der Waals surface area (Å²) >= 11 is 0. The Morgan fingerprint density at radius 2 is 1.69 bits per heavy atom. The molecule has 0 bridgehead atoms. The van der Waals surface area contributed by atoms with E-state index in [1.54, 1.807) is 20.8 Å². The number of carbonyl (C=O) groups is 2. The normalized spacial score (nSPS) is 16.9. The fourth-order valence-electron chi connectivity index (χ4n) is 1.71. The summed E-state index contributed by atoms with van der Waals surface area (Å²) in [6.07, 6.45) is 3.36. The smallest absolute Gasteiger partial charge is 0.426 e. The van der Waals surface area contributed by atoms with Gasteiger partial charge in [-0.1, -0.05) is 12.8 Å². The van der Waals surface area contributed by atoms with E-state index in [4.69, 9.17) is 4.74 Å². The zero-order valence-electron chi connectivity index (χ0n) is 10.1. The number of rotatable bonds is 1. The Labute approximate surface area is 95.9 Å². The number of nitrogens with one attached hydrogen (secondary N) is 2. The first-order valence-corrected chi connectivity index (χ1v) is 5.67. The maximum absolute atomic E-state index is 11.5. The number of amides is 2. The van der Waals surface area contributed by atoms with Gasteiger partial charge in [-0.05, 0) is 33.6 Å². The molecule has 0 aliphatic heterocycles. The van der Waals surface area contributed by atoms with Gasteiger partial charge in [0.15, 0.2) is 0 Å². The average Bonchev–Trinajstić information content (AvgIpc) is 2.64. The topological polar surface area (TPSA) is 67.4 Å². The van der Waals surface area contributed by atoms with Crippen molar-refractivity contribution in [2.45, 2.75) is 52.1 Å². The van der Waals surface area contributed by atoms with E-state index in [9.17, 15) is 9.59 Å². The van der Waals surface area contributed by atoms with Crippen LogP contribution in [0.2, 0.25) is 0 Å². The number of hydrogen-bond acceptors (Lipinski definition) is 3. The molecule has 92 valence electrons. The molecule has 5 heteroatoms. The lowest BCUT2D eigenvalue weighted by Gasteiger charge is -2.20. The molecule has 0 atom stereocenters. The summed E-state index contributed by atoms with van der Waals surface area (Å²) in [5.74, 6) is -0.0849. The molecule has 0 aromatic heterocycles. The van der Waals surface area contributed by atoms with Crippen LogP contribution >= 0.6 is 0 Å². The Balaban J connectivity index is 2.23. The molecule has 2 N–H and O–H groups in total. The first-order chi connectivity index (χ1) is 7.38. The van der Waals surface area contributed by atoms with Gasteiger partial charge in [0.2, 0.25) is 5.91 Å². The Hall–Kier alpha value is -1.26. The van der Waals surface area contributed by atoms with Crippen LogP contribution in [0.4, 0.5) is 4.79 Å². The van der Waals surface area contributed by atoms with Crippen LogP contribution in [0.3, 0.4) is 0 Å². The molecule has 1 saturated carbocycles. The van der Waals surface area contributed by atoms with Crippen LogP contribution in [0, 0.1) is 5.92 Å². The zero-order valence-corrected chi connectivity index (χ0v) is 10.1. The van der Waals surface area contributed by atoms with E-state index in [1.165, 1.54) is 0 Å². The van der Waals surface area contributed by atoms with Gasteiger partial charge >= 0.3 is 6.09 Å². The van der Waals surface area contributed by atoms with Gasteiger partial charge in [0.1, 0.15) is 5.60 Å². The molecule has 1 rings (SSSR count). The Bertz CT molecular complexity index is 265. The van der Waals surface area contributed by atoms with Crippen molar-refractivity contribution in [1.29, 1.82) is 0 Å². The summed E-state index contributed by atoms with van der Waals surface area (Å²) < 4.78 is 4.99. The third-order valence-electron chi connectivity index (χ3n) is 2.41. The monoisotopic (exact) mass is 228 g/mol. The molecule has 0 saturated heterocycles. The minimum atomic E-state index is -0.626. The molecule has 1 aliphatic rings. The summed E-state index contributed by atoms with van der Waals surface area (Å²) in [5.41, 5.74) is 4.09. The van der Waals surface area contributed by atoms with Crippen LogP contribution in [-0.4, -0.2) is 17.6 Å². The molecule has 0 radical (unpaired) electrons. The maximum atomic E-state index is 11.5. The Kier molecular flexibility index (Phi) is 4.15. The average molecular weight is 228 g/mol. The van der Waals surface area contributed by atoms with Crippen molar-refractivity contribution >= 4 is 12.0 Å². The van der Waals surface area contributed by atoms with Gasteiger partial charge in [0, 0.05) is 5.92 Å². The predicted molar refractivity (Wildman–Crippen MR) is 59.5 cm³/mol. The summed E-state index contributed by atoms with van der Waals surface area (Å²) in [6.45, 7) is 5.31. The fraction of sp³-hybridized carbons (Fsp3) is 0.818. The highest BCUT2D eigenvalue weighted by atomic mass is 16.6. The highest BCUT2D eigenvalue weighted by Gasteiger charge is 2.23. The van der Waals surface area contributed by atoms with Gasteiger partial charge < -0.3 is 4.74 Å². The van der Waals surface area contributed by atoms with E-state index in [1.807, 2.05) is 0 Å². The third kappa shape index (κ3) is 4.51. The van der Waals surface area contributed by atoms with Crippen molar-refractivity contribution in [3.8, 4) is 0 Å². The molecular formula is C11H20N2O3. The lowest BCUT2D eigenvalue weighted by Crippen LogP contribution is -2.46. The van der Waals surface area contributed by atoms with E-state index in [0.29, 0.717) is 0 Å². The molecular weight excluding hydrogens is 208 g/mol. The Morgan fingerprint density at radius 3 is 2.19 bits per heavy atom. The van der Waals surface area contributed by atoms with Gasteiger partial charge in [0.05, 0.1) is 0 Å². The van der Waals surface area contributed by atoms with Gasteiger partial charge in [-0.25, -0.2) is 10.2 Å². The second-order valence-electron chi connectivity index (χ2n) is 5.10. The standard InChI is InChI=1S/C11H20N2O3/c1-11(2,3)16-10(15)13-12-9(14)8-6-4-5-7-8/h8H,4-7H2,1-3H3,(H,12,14)(H,13,15). The van der Waals surface area contributed by atoms with Crippen LogP contribution in [-0.2, 0) is 9.53 Å². The second-order valence-corrected chi connectivity index (χ2v) is 5.10. The van der Waals surface area contributed by atoms with Crippen LogP contribution in [0.25, 0.3) is 0 Å². The molecule has 1 aliphatic carbocycles. The molecule has 0 unspecified atom stereocenters. The van der Waals surface area contributed by atoms with E-state index >= 15 is 0 Å². The zero-order chi connectivity index (χ0) is 12.2. The fourth-order valence-corrected chi connectivity index (χ4v) is 1.71. The summed E-state index contributed by atoms with van der Waals surface area (Å²) in [5, 5.41) is 0. The first kappa shape index (κ1) is 12.8. The number of hydrogen-bond donors (Lipinski definition) is 2. The molecule has 16 heavy (non-hydrogen) atoms. The summed E-state index contributed by atoms with van der Waals surface area (Å²) in [6, 6.07) is 0. The van der Waals surface area contributed by atoms with Crippen molar-refractivity contribution in [3.05, 3.63) is 0 Å². The van der Waals surface area contributed by atoms with Crippen molar-refractivity contribution in [2.75, 3.05) is 0 Å². The first-order valence-electron chi connectivity index (χ1n) is 5.67. The highest BCUT2D eigenvalue weighted by molar-refractivity contribution is 5.81. The van der Waals surface area contributed by atoms with Crippen molar-refractivity contribution in [1.82, 2.24) is 10.9 Å². The van der Waals surface area contributed by atoms with Crippen molar-refractivity contribution in [2.24, 2.45) is 5.92 Å². The minimum Gasteiger partial charge on any atom is -0.443 e. The Morgan fingerprint density at radius 1 is 1.12 bits per heavy atom. The predicted octanol–water partition coefficient (Wildman–Crippen LogP) is 1.73. The maximum Gasteiger partial charge on any atom is 0.426 e. The summed E-state index contributed by atoms with van der Waals surface area (Å²) in [7, 11) is 0. The van der Waals surface area contributed by atoms with Crippen molar-refractivity contribution < 1.29 is 14.3 Å². The molecule has 0 heterocycles. The van der Waals surface area contributed by atoms with E-state index < -0.39 is 11.7 Å². The second kappa shape index (κ2) is 5.18. The van der Waals surface area contributed by atoms with Gasteiger partial charge in [-0.15, -0.1) is 0 Å². The molecule has 0 aromatic rings. The van der Waals surface area contributed by atoms with Crippen LogP contribution in [0.1, 0.15) is 46.5 Å². The highest BCUT2D eigenvalue weighted by Crippen LogP contribution is 2.24. The van der Waals surface area contributed by atoms with Crippen LogP contribution in [0.15, 0.2) is 0 Å².